The fourth-order valence-electron chi connectivity index (χ4n) is 2.83. The van der Waals surface area contributed by atoms with Crippen molar-refractivity contribution in [1.82, 2.24) is 4.90 Å². The predicted molar refractivity (Wildman–Crippen MR) is 112 cm³/mol. The summed E-state index contributed by atoms with van der Waals surface area (Å²) in [5.41, 5.74) is 0.911. The van der Waals surface area contributed by atoms with Crippen molar-refractivity contribution in [2.45, 2.75) is 39.1 Å². The Morgan fingerprint density at radius 2 is 1.48 bits per heavy atom. The van der Waals surface area contributed by atoms with Gasteiger partial charge in [-0.1, -0.05) is 39.8 Å². The molecule has 158 valence electrons. The molecule has 0 bridgehead atoms. The van der Waals surface area contributed by atoms with Crippen LogP contribution in [0.3, 0.4) is 0 Å². The quantitative estimate of drug-likeness (QED) is 0.572. The summed E-state index contributed by atoms with van der Waals surface area (Å²) in [4.78, 5) is 14.3. The maximum Gasteiger partial charge on any atom is 0.339 e. The van der Waals surface area contributed by atoms with Crippen LogP contribution in [0.15, 0.2) is 53.4 Å². The van der Waals surface area contributed by atoms with Gasteiger partial charge in [-0.15, -0.1) is 0 Å². The number of benzene rings is 2. The summed E-state index contributed by atoms with van der Waals surface area (Å²) in [5.74, 6) is 1.16. The highest BCUT2D eigenvalue weighted by molar-refractivity contribution is 7.87. The van der Waals surface area contributed by atoms with Gasteiger partial charge in [-0.25, -0.2) is 0 Å². The SMILES string of the molecule is COc1ccc(S(=O)(=O)Oc2ccc(CN(CC(C)C)C(=O)C(C)C)cc2)cc1. The summed E-state index contributed by atoms with van der Waals surface area (Å²) in [7, 11) is -2.42. The van der Waals surface area contributed by atoms with E-state index < -0.39 is 10.1 Å². The van der Waals surface area contributed by atoms with E-state index in [1.54, 1.807) is 36.4 Å². The van der Waals surface area contributed by atoms with Crippen LogP contribution < -0.4 is 8.92 Å². The normalized spacial score (nSPS) is 11.6. The number of amides is 1. The Morgan fingerprint density at radius 3 is 1.97 bits per heavy atom. The van der Waals surface area contributed by atoms with Crippen molar-refractivity contribution in [1.29, 1.82) is 0 Å². The van der Waals surface area contributed by atoms with Crippen LogP contribution in [0.1, 0.15) is 33.3 Å². The van der Waals surface area contributed by atoms with Crippen molar-refractivity contribution in [3.05, 3.63) is 54.1 Å². The molecule has 0 saturated carbocycles. The average Bonchev–Trinajstić information content (AvgIpc) is 2.67. The van der Waals surface area contributed by atoms with Crippen molar-refractivity contribution in [3.8, 4) is 11.5 Å². The van der Waals surface area contributed by atoms with Crippen molar-refractivity contribution in [2.75, 3.05) is 13.7 Å². The van der Waals surface area contributed by atoms with E-state index >= 15 is 0 Å². The number of carbonyl (C=O) groups is 1. The van der Waals surface area contributed by atoms with Crippen molar-refractivity contribution >= 4 is 16.0 Å². The molecule has 0 aliphatic carbocycles. The Hall–Kier alpha value is -2.54. The highest BCUT2D eigenvalue weighted by Crippen LogP contribution is 2.22. The molecule has 0 unspecified atom stereocenters. The Kier molecular flexibility index (Phi) is 7.67. The second kappa shape index (κ2) is 9.78. The summed E-state index contributed by atoms with van der Waals surface area (Å²) in [5, 5.41) is 0. The number of carbonyl (C=O) groups excluding carboxylic acids is 1. The molecule has 0 aromatic heterocycles. The first-order valence-electron chi connectivity index (χ1n) is 9.58. The molecule has 7 heteroatoms. The van der Waals surface area contributed by atoms with Crippen LogP contribution in [0.4, 0.5) is 0 Å². The molecule has 0 atom stereocenters. The van der Waals surface area contributed by atoms with Gasteiger partial charge in [0.1, 0.15) is 16.4 Å². The number of methoxy groups -OCH3 is 1. The van der Waals surface area contributed by atoms with Crippen LogP contribution in [0.2, 0.25) is 0 Å². The van der Waals surface area contributed by atoms with E-state index in [0.29, 0.717) is 24.8 Å². The van der Waals surface area contributed by atoms with E-state index in [2.05, 4.69) is 13.8 Å². The van der Waals surface area contributed by atoms with Gasteiger partial charge in [0.2, 0.25) is 5.91 Å². The van der Waals surface area contributed by atoms with Crippen molar-refractivity contribution in [3.63, 3.8) is 0 Å². The topological polar surface area (TPSA) is 72.9 Å². The molecule has 0 radical (unpaired) electrons. The van der Waals surface area contributed by atoms with Gasteiger partial charge in [-0.05, 0) is 47.9 Å². The Bertz CT molecular complexity index is 903. The maximum atomic E-state index is 12.5. The molecule has 29 heavy (non-hydrogen) atoms. The van der Waals surface area contributed by atoms with Gasteiger partial charge in [0.05, 0.1) is 7.11 Å². The summed E-state index contributed by atoms with van der Waals surface area (Å²) in [6, 6.07) is 12.8. The van der Waals surface area contributed by atoms with Crippen LogP contribution in [-0.4, -0.2) is 32.9 Å². The van der Waals surface area contributed by atoms with E-state index in [4.69, 9.17) is 8.92 Å². The highest BCUT2D eigenvalue weighted by Gasteiger charge is 2.19. The molecule has 6 nitrogen and oxygen atoms in total. The van der Waals surface area contributed by atoms with Crippen LogP contribution in [-0.2, 0) is 21.5 Å². The molecule has 2 aromatic rings. The van der Waals surface area contributed by atoms with Crippen molar-refractivity contribution < 1.29 is 22.1 Å². The van der Waals surface area contributed by atoms with Gasteiger partial charge >= 0.3 is 10.1 Å². The van der Waals surface area contributed by atoms with Crippen LogP contribution in [0.5, 0.6) is 11.5 Å². The molecule has 2 aromatic carbocycles. The maximum absolute atomic E-state index is 12.5. The summed E-state index contributed by atoms with van der Waals surface area (Å²) >= 11 is 0. The lowest BCUT2D eigenvalue weighted by atomic mass is 10.1. The molecular weight excluding hydrogens is 390 g/mol. The molecule has 0 heterocycles. The monoisotopic (exact) mass is 419 g/mol. The number of hydrogen-bond acceptors (Lipinski definition) is 5. The average molecular weight is 420 g/mol. The van der Waals surface area contributed by atoms with E-state index in [0.717, 1.165) is 5.56 Å². The van der Waals surface area contributed by atoms with Gasteiger partial charge in [-0.3, -0.25) is 4.79 Å². The highest BCUT2D eigenvalue weighted by atomic mass is 32.2. The molecule has 0 aliphatic rings. The summed E-state index contributed by atoms with van der Waals surface area (Å²) < 4.78 is 35.1. The molecular formula is C22H29NO5S. The number of hydrogen-bond donors (Lipinski definition) is 0. The molecule has 1 amide bonds. The summed E-state index contributed by atoms with van der Waals surface area (Å²) in [6.07, 6.45) is 0. The fraction of sp³-hybridized carbons (Fsp3) is 0.409. The predicted octanol–water partition coefficient (Wildman–Crippen LogP) is 4.10. The van der Waals surface area contributed by atoms with E-state index in [9.17, 15) is 13.2 Å². The molecule has 0 spiro atoms. The zero-order chi connectivity index (χ0) is 21.6. The third kappa shape index (κ3) is 6.49. The summed E-state index contributed by atoms with van der Waals surface area (Å²) in [6.45, 7) is 9.05. The first-order valence-corrected chi connectivity index (χ1v) is 11.0. The smallest absolute Gasteiger partial charge is 0.339 e. The van der Waals surface area contributed by atoms with Crippen LogP contribution >= 0.6 is 0 Å². The second-order valence-corrected chi connectivity index (χ2v) is 9.17. The van der Waals surface area contributed by atoms with Gasteiger partial charge in [0, 0.05) is 19.0 Å². The lowest BCUT2D eigenvalue weighted by Gasteiger charge is -2.26. The van der Waals surface area contributed by atoms with Gasteiger partial charge in [-0.2, -0.15) is 8.42 Å². The first-order chi connectivity index (χ1) is 13.6. The zero-order valence-electron chi connectivity index (χ0n) is 17.6. The second-order valence-electron chi connectivity index (χ2n) is 7.62. The van der Waals surface area contributed by atoms with Gasteiger partial charge < -0.3 is 13.8 Å². The lowest BCUT2D eigenvalue weighted by molar-refractivity contribution is -0.135. The molecule has 2 rings (SSSR count). The van der Waals surface area contributed by atoms with Gasteiger partial charge in [0.15, 0.2) is 0 Å². The van der Waals surface area contributed by atoms with E-state index in [1.807, 2.05) is 18.7 Å². The molecule has 0 N–H and O–H groups in total. The number of ether oxygens (including phenoxy) is 1. The molecule has 0 fully saturated rings. The molecule has 0 saturated heterocycles. The third-order valence-corrected chi connectivity index (χ3v) is 5.50. The lowest BCUT2D eigenvalue weighted by Crippen LogP contribution is -2.36. The van der Waals surface area contributed by atoms with Crippen molar-refractivity contribution in [2.24, 2.45) is 11.8 Å². The number of rotatable bonds is 9. The standard InChI is InChI=1S/C22H29NO5S/c1-16(2)14-23(22(24)17(3)4)15-18-6-8-20(9-7-18)28-29(25,26)21-12-10-19(27-5)11-13-21/h6-13,16-17H,14-15H2,1-5H3. The first kappa shape index (κ1) is 22.7. The minimum Gasteiger partial charge on any atom is -0.497 e. The number of nitrogens with zero attached hydrogens (tertiary/aromatic N) is 1. The minimum atomic E-state index is -3.93. The van der Waals surface area contributed by atoms with Crippen LogP contribution in [0.25, 0.3) is 0 Å². The zero-order valence-corrected chi connectivity index (χ0v) is 18.4. The Morgan fingerprint density at radius 1 is 0.931 bits per heavy atom. The fourth-order valence-corrected chi connectivity index (χ4v) is 3.76. The minimum absolute atomic E-state index is 0.0491. The largest absolute Gasteiger partial charge is 0.497 e. The van der Waals surface area contributed by atoms with E-state index in [1.165, 1.54) is 19.2 Å². The molecule has 0 aliphatic heterocycles. The van der Waals surface area contributed by atoms with Gasteiger partial charge in [0.25, 0.3) is 0 Å². The third-order valence-electron chi connectivity index (χ3n) is 4.24. The van der Waals surface area contributed by atoms with Crippen LogP contribution in [0, 0.1) is 11.8 Å². The van der Waals surface area contributed by atoms with E-state index in [-0.39, 0.29) is 22.5 Å². The Balaban J connectivity index is 2.11. The Labute approximate surface area is 173 Å².